The second-order valence-electron chi connectivity index (χ2n) is 5.82. The van der Waals surface area contributed by atoms with E-state index in [0.717, 1.165) is 25.9 Å². The molecule has 2 fully saturated rings. The molecule has 0 aliphatic carbocycles. The molecule has 1 N–H and O–H groups in total. The zero-order valence-corrected chi connectivity index (χ0v) is 12.9. The summed E-state index contributed by atoms with van der Waals surface area (Å²) in [5.41, 5.74) is 0. The Hall–Kier alpha value is -1.59. The zero-order valence-electron chi connectivity index (χ0n) is 12.9. The third-order valence-corrected chi connectivity index (χ3v) is 4.56. The highest BCUT2D eigenvalue weighted by atomic mass is 16.2. The van der Waals surface area contributed by atoms with Crippen molar-refractivity contribution in [2.24, 2.45) is 11.8 Å². The number of nitrogens with one attached hydrogen (secondary N) is 1. The van der Waals surface area contributed by atoms with Crippen LogP contribution in [0.4, 0.5) is 0 Å². The summed E-state index contributed by atoms with van der Waals surface area (Å²) in [5, 5.41) is 2.70. The highest BCUT2D eigenvalue weighted by Crippen LogP contribution is 2.22. The van der Waals surface area contributed by atoms with E-state index in [4.69, 9.17) is 0 Å². The minimum absolute atomic E-state index is 0.0392. The van der Waals surface area contributed by atoms with Crippen LogP contribution in [0.15, 0.2) is 0 Å². The topological polar surface area (TPSA) is 69.7 Å². The first-order valence-corrected chi connectivity index (χ1v) is 7.91. The first kappa shape index (κ1) is 15.8. The van der Waals surface area contributed by atoms with Crippen LogP contribution in [0.25, 0.3) is 0 Å². The number of carbonyl (C=O) groups excluding carboxylic acids is 3. The van der Waals surface area contributed by atoms with Crippen molar-refractivity contribution in [1.29, 1.82) is 0 Å². The molecule has 2 saturated heterocycles. The van der Waals surface area contributed by atoms with Crippen molar-refractivity contribution in [3.8, 4) is 0 Å². The molecule has 6 heteroatoms. The van der Waals surface area contributed by atoms with E-state index < -0.39 is 0 Å². The largest absolute Gasteiger partial charge is 0.355 e. The average molecular weight is 295 g/mol. The summed E-state index contributed by atoms with van der Waals surface area (Å²) in [5.74, 6) is 0.0525. The summed E-state index contributed by atoms with van der Waals surface area (Å²) in [4.78, 5) is 39.5. The van der Waals surface area contributed by atoms with Gasteiger partial charge in [0.1, 0.15) is 0 Å². The van der Waals surface area contributed by atoms with Crippen molar-refractivity contribution in [2.75, 3.05) is 32.7 Å². The van der Waals surface area contributed by atoms with Crippen molar-refractivity contribution in [1.82, 2.24) is 15.1 Å². The smallest absolute Gasteiger partial charge is 0.227 e. The lowest BCUT2D eigenvalue weighted by Gasteiger charge is -2.34. The van der Waals surface area contributed by atoms with Crippen LogP contribution < -0.4 is 5.32 Å². The lowest BCUT2D eigenvalue weighted by Crippen LogP contribution is -2.46. The number of hydrogen-bond donors (Lipinski definition) is 1. The van der Waals surface area contributed by atoms with Crippen LogP contribution >= 0.6 is 0 Å². The van der Waals surface area contributed by atoms with E-state index in [9.17, 15) is 14.4 Å². The predicted molar refractivity (Wildman–Crippen MR) is 78.3 cm³/mol. The molecule has 1 atom stereocenters. The molecule has 0 spiro atoms. The summed E-state index contributed by atoms with van der Waals surface area (Å²) in [7, 11) is 0. The number of piperidine rings is 1. The van der Waals surface area contributed by atoms with Crippen LogP contribution in [0.5, 0.6) is 0 Å². The Morgan fingerprint density at radius 1 is 1.19 bits per heavy atom. The second-order valence-corrected chi connectivity index (χ2v) is 5.82. The van der Waals surface area contributed by atoms with Gasteiger partial charge in [-0.1, -0.05) is 0 Å². The number of rotatable bonds is 4. The second kappa shape index (κ2) is 6.91. The Kier molecular flexibility index (Phi) is 5.20. The normalized spacial score (nSPS) is 23.0. The van der Waals surface area contributed by atoms with E-state index >= 15 is 0 Å². The Morgan fingerprint density at radius 2 is 1.81 bits per heavy atom. The summed E-state index contributed by atoms with van der Waals surface area (Å²) in [6, 6.07) is 0. The van der Waals surface area contributed by atoms with Gasteiger partial charge in [0, 0.05) is 45.1 Å². The van der Waals surface area contributed by atoms with Crippen LogP contribution in [0.3, 0.4) is 0 Å². The first-order valence-electron chi connectivity index (χ1n) is 7.91. The van der Waals surface area contributed by atoms with Crippen molar-refractivity contribution in [2.45, 2.75) is 33.1 Å². The lowest BCUT2D eigenvalue weighted by molar-refractivity contribution is -0.142. The third-order valence-electron chi connectivity index (χ3n) is 4.56. The Balaban J connectivity index is 1.84. The van der Waals surface area contributed by atoms with Crippen molar-refractivity contribution < 1.29 is 14.4 Å². The third kappa shape index (κ3) is 3.54. The molecule has 2 rings (SSSR count). The van der Waals surface area contributed by atoms with Crippen molar-refractivity contribution in [3.05, 3.63) is 0 Å². The minimum Gasteiger partial charge on any atom is -0.355 e. The summed E-state index contributed by atoms with van der Waals surface area (Å²) in [6.45, 7) is 7.17. The summed E-state index contributed by atoms with van der Waals surface area (Å²) >= 11 is 0. The van der Waals surface area contributed by atoms with Gasteiger partial charge in [-0.3, -0.25) is 14.4 Å². The summed E-state index contributed by atoms with van der Waals surface area (Å²) < 4.78 is 0. The van der Waals surface area contributed by atoms with E-state index in [1.807, 2.05) is 23.6 Å². The fraction of sp³-hybridized carbons (Fsp3) is 0.800. The molecular weight excluding hydrogens is 270 g/mol. The Morgan fingerprint density at radius 3 is 2.29 bits per heavy atom. The number of amides is 3. The average Bonchev–Trinajstić information content (AvgIpc) is 2.94. The molecule has 0 aromatic rings. The number of hydrogen-bond acceptors (Lipinski definition) is 3. The number of likely N-dealkylation sites (tertiary alicyclic amines) is 1. The van der Waals surface area contributed by atoms with Gasteiger partial charge in [-0.2, -0.15) is 0 Å². The lowest BCUT2D eigenvalue weighted by atomic mass is 9.94. The van der Waals surface area contributed by atoms with Gasteiger partial charge in [0.25, 0.3) is 0 Å². The molecule has 0 saturated carbocycles. The number of nitrogens with zero attached hydrogens (tertiary/aromatic N) is 2. The number of carbonyl (C=O) groups is 3. The molecule has 0 aromatic carbocycles. The molecule has 1 unspecified atom stereocenters. The van der Waals surface area contributed by atoms with E-state index in [2.05, 4.69) is 5.32 Å². The van der Waals surface area contributed by atoms with E-state index in [-0.39, 0.29) is 29.6 Å². The standard InChI is InChI=1S/C15H25N3O3/c1-3-17(4-2)14(20)11-5-7-18(8-6-11)15(21)12-9-13(19)16-10-12/h11-12H,3-10H2,1-2H3,(H,16,19). The maximum atomic E-state index is 12.3. The first-order chi connectivity index (χ1) is 10.1. The molecule has 3 amide bonds. The van der Waals surface area contributed by atoms with Gasteiger partial charge in [-0.25, -0.2) is 0 Å². The van der Waals surface area contributed by atoms with Gasteiger partial charge in [0.2, 0.25) is 17.7 Å². The Labute approximate surface area is 125 Å². The highest BCUT2D eigenvalue weighted by molar-refractivity contribution is 5.89. The molecule has 2 aliphatic rings. The van der Waals surface area contributed by atoms with Crippen LogP contribution in [0.2, 0.25) is 0 Å². The fourth-order valence-electron chi connectivity index (χ4n) is 3.18. The molecule has 0 bridgehead atoms. The molecule has 2 aliphatic heterocycles. The molecular formula is C15H25N3O3. The zero-order chi connectivity index (χ0) is 15.4. The van der Waals surface area contributed by atoms with Crippen LogP contribution in [-0.4, -0.2) is 60.2 Å². The van der Waals surface area contributed by atoms with Crippen LogP contribution in [0.1, 0.15) is 33.1 Å². The van der Waals surface area contributed by atoms with Gasteiger partial charge in [0.15, 0.2) is 0 Å². The van der Waals surface area contributed by atoms with Crippen LogP contribution in [-0.2, 0) is 14.4 Å². The predicted octanol–water partition coefficient (Wildman–Crippen LogP) is 0.230. The van der Waals surface area contributed by atoms with E-state index in [1.54, 1.807) is 0 Å². The molecule has 2 heterocycles. The van der Waals surface area contributed by atoms with Gasteiger partial charge < -0.3 is 15.1 Å². The monoisotopic (exact) mass is 295 g/mol. The maximum Gasteiger partial charge on any atom is 0.227 e. The summed E-state index contributed by atoms with van der Waals surface area (Å²) in [6.07, 6.45) is 1.77. The SMILES string of the molecule is CCN(CC)C(=O)C1CCN(C(=O)C2CNC(=O)C2)CC1. The fourth-order valence-corrected chi connectivity index (χ4v) is 3.18. The molecule has 118 valence electrons. The van der Waals surface area contributed by atoms with E-state index in [0.29, 0.717) is 26.1 Å². The van der Waals surface area contributed by atoms with Gasteiger partial charge in [-0.05, 0) is 26.7 Å². The Bertz CT molecular complexity index is 412. The van der Waals surface area contributed by atoms with E-state index in [1.165, 1.54) is 0 Å². The molecule has 0 aromatic heterocycles. The maximum absolute atomic E-state index is 12.3. The van der Waals surface area contributed by atoms with Crippen molar-refractivity contribution >= 4 is 17.7 Å². The van der Waals surface area contributed by atoms with Crippen LogP contribution in [0, 0.1) is 11.8 Å². The molecule has 6 nitrogen and oxygen atoms in total. The van der Waals surface area contributed by atoms with Gasteiger partial charge >= 0.3 is 0 Å². The molecule has 21 heavy (non-hydrogen) atoms. The molecule has 0 radical (unpaired) electrons. The minimum atomic E-state index is -0.215. The van der Waals surface area contributed by atoms with Gasteiger partial charge in [0.05, 0.1) is 5.92 Å². The quantitative estimate of drug-likeness (QED) is 0.807. The van der Waals surface area contributed by atoms with Gasteiger partial charge in [-0.15, -0.1) is 0 Å². The highest BCUT2D eigenvalue weighted by Gasteiger charge is 2.34. The van der Waals surface area contributed by atoms with Crippen molar-refractivity contribution in [3.63, 3.8) is 0 Å².